The number of carbonyl (C=O) groups is 1. The van der Waals surface area contributed by atoms with Crippen molar-refractivity contribution in [3.63, 3.8) is 0 Å². The maximum atomic E-state index is 12.5. The van der Waals surface area contributed by atoms with Crippen LogP contribution >= 0.6 is 11.3 Å². The normalized spacial score (nSPS) is 13.5. The molecule has 3 aromatic rings. The molecule has 6 nitrogen and oxygen atoms in total. The zero-order chi connectivity index (χ0) is 19.7. The minimum Gasteiger partial charge on any atom is -0.491 e. The van der Waals surface area contributed by atoms with Crippen molar-refractivity contribution in [3.8, 4) is 5.75 Å². The second-order valence-electron chi connectivity index (χ2n) is 7.15. The number of rotatable bonds is 5. The van der Waals surface area contributed by atoms with Gasteiger partial charge in [0.15, 0.2) is 4.96 Å². The maximum Gasteiger partial charge on any atom is 0.338 e. The second-order valence-corrected chi connectivity index (χ2v) is 8.21. The van der Waals surface area contributed by atoms with Gasteiger partial charge in [0.05, 0.1) is 17.4 Å². The van der Waals surface area contributed by atoms with Gasteiger partial charge in [0.25, 0.3) is 5.56 Å². The van der Waals surface area contributed by atoms with Crippen molar-refractivity contribution in [2.75, 3.05) is 0 Å². The average Bonchev–Trinajstić information content (AvgIpc) is 3.05. The second kappa shape index (κ2) is 7.75. The fraction of sp³-hybridized carbons (Fsp3) is 0.381. The first kappa shape index (κ1) is 18.7. The van der Waals surface area contributed by atoms with E-state index in [9.17, 15) is 9.59 Å². The average molecular weight is 398 g/mol. The Morgan fingerprint density at radius 2 is 1.96 bits per heavy atom. The molecule has 1 aliphatic rings. The van der Waals surface area contributed by atoms with Crippen LogP contribution in [-0.2, 0) is 24.2 Å². The number of esters is 1. The van der Waals surface area contributed by atoms with E-state index in [1.165, 1.54) is 10.9 Å². The molecule has 0 N–H and O–H groups in total. The summed E-state index contributed by atoms with van der Waals surface area (Å²) in [5.74, 6) is 0.247. The number of aryl methyl sites for hydroxylation is 2. The molecule has 0 aliphatic heterocycles. The Morgan fingerprint density at radius 3 is 2.71 bits per heavy atom. The molecular weight excluding hydrogens is 376 g/mol. The highest BCUT2D eigenvalue weighted by Crippen LogP contribution is 2.28. The van der Waals surface area contributed by atoms with E-state index in [1.807, 2.05) is 13.8 Å². The van der Waals surface area contributed by atoms with E-state index in [4.69, 9.17) is 9.47 Å². The number of thiazole rings is 1. The Balaban J connectivity index is 1.48. The number of benzene rings is 1. The maximum absolute atomic E-state index is 12.5. The molecular formula is C21H22N2O4S. The van der Waals surface area contributed by atoms with Gasteiger partial charge in [0, 0.05) is 16.6 Å². The Hall–Kier alpha value is -2.67. The monoisotopic (exact) mass is 398 g/mol. The van der Waals surface area contributed by atoms with Crippen molar-refractivity contribution >= 4 is 22.3 Å². The summed E-state index contributed by atoms with van der Waals surface area (Å²) in [6.07, 6.45) is 4.25. The van der Waals surface area contributed by atoms with Crippen LogP contribution < -0.4 is 10.3 Å². The summed E-state index contributed by atoms with van der Waals surface area (Å²) in [7, 11) is 0. The zero-order valence-corrected chi connectivity index (χ0v) is 16.8. The van der Waals surface area contributed by atoms with Gasteiger partial charge in [-0.1, -0.05) is 0 Å². The first-order chi connectivity index (χ1) is 13.5. The van der Waals surface area contributed by atoms with Crippen LogP contribution in [0.25, 0.3) is 4.96 Å². The van der Waals surface area contributed by atoms with Gasteiger partial charge in [0.2, 0.25) is 0 Å². The standard InChI is InChI=1S/C21H22N2O4S/c1-13(2)27-16-9-7-14(8-10-16)20(25)26-12-15-11-19(24)23-17-5-3-4-6-18(17)28-21(23)22-15/h7-11,13H,3-6,12H2,1-2H3. The van der Waals surface area contributed by atoms with Crippen LogP contribution in [0.4, 0.5) is 0 Å². The highest BCUT2D eigenvalue weighted by Gasteiger charge is 2.19. The zero-order valence-electron chi connectivity index (χ0n) is 15.9. The quantitative estimate of drug-likeness (QED) is 0.612. The number of aromatic nitrogens is 2. The first-order valence-electron chi connectivity index (χ1n) is 9.48. The summed E-state index contributed by atoms with van der Waals surface area (Å²) >= 11 is 1.56. The lowest BCUT2D eigenvalue weighted by Gasteiger charge is -2.10. The van der Waals surface area contributed by atoms with Crippen molar-refractivity contribution in [2.45, 2.75) is 52.2 Å². The van der Waals surface area contributed by atoms with Crippen LogP contribution in [0.3, 0.4) is 0 Å². The first-order valence-corrected chi connectivity index (χ1v) is 10.3. The van der Waals surface area contributed by atoms with E-state index >= 15 is 0 Å². The summed E-state index contributed by atoms with van der Waals surface area (Å²) in [4.78, 5) is 31.3. The predicted molar refractivity (Wildman–Crippen MR) is 107 cm³/mol. The van der Waals surface area contributed by atoms with Gasteiger partial charge >= 0.3 is 5.97 Å². The fourth-order valence-electron chi connectivity index (χ4n) is 3.38. The number of hydrogen-bond acceptors (Lipinski definition) is 6. The number of nitrogens with zero attached hydrogens (tertiary/aromatic N) is 2. The molecule has 4 rings (SSSR count). The van der Waals surface area contributed by atoms with Crippen LogP contribution in [0, 0.1) is 0 Å². The van der Waals surface area contributed by atoms with Gasteiger partial charge in [-0.15, -0.1) is 11.3 Å². The molecule has 0 atom stereocenters. The van der Waals surface area contributed by atoms with Crippen LogP contribution in [-0.4, -0.2) is 21.5 Å². The summed E-state index contributed by atoms with van der Waals surface area (Å²) in [6, 6.07) is 8.27. The third-order valence-electron chi connectivity index (χ3n) is 4.63. The molecule has 0 radical (unpaired) electrons. The summed E-state index contributed by atoms with van der Waals surface area (Å²) in [5.41, 5.74) is 1.89. The largest absolute Gasteiger partial charge is 0.491 e. The van der Waals surface area contributed by atoms with Crippen LogP contribution in [0.15, 0.2) is 35.1 Å². The summed E-state index contributed by atoms with van der Waals surface area (Å²) < 4.78 is 12.6. The third kappa shape index (κ3) is 3.80. The van der Waals surface area contributed by atoms with E-state index in [0.717, 1.165) is 31.4 Å². The highest BCUT2D eigenvalue weighted by atomic mass is 32.1. The molecule has 146 valence electrons. The fourth-order valence-corrected chi connectivity index (χ4v) is 4.61. The Morgan fingerprint density at radius 1 is 1.21 bits per heavy atom. The van der Waals surface area contributed by atoms with Gasteiger partial charge in [-0.2, -0.15) is 0 Å². The molecule has 0 saturated heterocycles. The van der Waals surface area contributed by atoms with Crippen LogP contribution in [0.5, 0.6) is 5.75 Å². The Labute approximate surface area is 166 Å². The molecule has 0 unspecified atom stereocenters. The molecule has 28 heavy (non-hydrogen) atoms. The number of carbonyl (C=O) groups excluding carboxylic acids is 1. The molecule has 2 aromatic heterocycles. The number of ether oxygens (including phenoxy) is 2. The topological polar surface area (TPSA) is 69.9 Å². The van der Waals surface area contributed by atoms with Gasteiger partial charge in [-0.3, -0.25) is 9.20 Å². The van der Waals surface area contributed by atoms with Gasteiger partial charge in [-0.25, -0.2) is 9.78 Å². The van der Waals surface area contributed by atoms with Crippen molar-refractivity contribution in [1.82, 2.24) is 9.38 Å². The van der Waals surface area contributed by atoms with E-state index in [2.05, 4.69) is 4.98 Å². The van der Waals surface area contributed by atoms with E-state index in [1.54, 1.807) is 40.0 Å². The predicted octanol–water partition coefficient (Wildman–Crippen LogP) is 3.78. The van der Waals surface area contributed by atoms with Crippen molar-refractivity contribution in [3.05, 3.63) is 62.5 Å². The molecule has 1 aromatic carbocycles. The molecule has 0 spiro atoms. The van der Waals surface area contributed by atoms with Gasteiger partial charge < -0.3 is 9.47 Å². The molecule has 2 heterocycles. The molecule has 0 bridgehead atoms. The number of hydrogen-bond donors (Lipinski definition) is 0. The third-order valence-corrected chi connectivity index (χ3v) is 5.77. The van der Waals surface area contributed by atoms with Crippen LogP contribution in [0.2, 0.25) is 0 Å². The van der Waals surface area contributed by atoms with Crippen molar-refractivity contribution < 1.29 is 14.3 Å². The lowest BCUT2D eigenvalue weighted by molar-refractivity contribution is 0.0467. The van der Waals surface area contributed by atoms with Crippen molar-refractivity contribution in [2.24, 2.45) is 0 Å². The molecule has 0 amide bonds. The van der Waals surface area contributed by atoms with E-state index in [0.29, 0.717) is 22.0 Å². The Bertz CT molecular complexity index is 1070. The highest BCUT2D eigenvalue weighted by molar-refractivity contribution is 7.17. The molecule has 0 fully saturated rings. The van der Waals surface area contributed by atoms with E-state index < -0.39 is 5.97 Å². The SMILES string of the molecule is CC(C)Oc1ccc(C(=O)OCc2cc(=O)n3c4c(sc3n2)CCCC4)cc1. The minimum absolute atomic E-state index is 0.0304. The molecule has 0 saturated carbocycles. The van der Waals surface area contributed by atoms with Gasteiger partial charge in [-0.05, 0) is 63.8 Å². The minimum atomic E-state index is -0.455. The van der Waals surface area contributed by atoms with Crippen LogP contribution in [0.1, 0.15) is 53.3 Å². The molecule has 1 aliphatic carbocycles. The number of fused-ring (bicyclic) bond motifs is 3. The summed E-state index contributed by atoms with van der Waals surface area (Å²) in [6.45, 7) is 3.86. The lowest BCUT2D eigenvalue weighted by Crippen LogP contribution is -2.18. The lowest BCUT2D eigenvalue weighted by atomic mass is 10.0. The van der Waals surface area contributed by atoms with Gasteiger partial charge in [0.1, 0.15) is 12.4 Å². The Kier molecular flexibility index (Phi) is 5.17. The van der Waals surface area contributed by atoms with E-state index in [-0.39, 0.29) is 18.3 Å². The summed E-state index contributed by atoms with van der Waals surface area (Å²) in [5, 5.41) is 0. The van der Waals surface area contributed by atoms with Crippen molar-refractivity contribution in [1.29, 1.82) is 0 Å². The molecule has 7 heteroatoms. The smallest absolute Gasteiger partial charge is 0.338 e.